The van der Waals surface area contributed by atoms with Gasteiger partial charge >= 0.3 is 0 Å². The third kappa shape index (κ3) is 4.04. The monoisotopic (exact) mass is 310 g/mol. The zero-order valence-corrected chi connectivity index (χ0v) is 13.5. The highest BCUT2D eigenvalue weighted by atomic mass is 32.2. The van der Waals surface area contributed by atoms with Gasteiger partial charge in [-0.25, -0.2) is 13.1 Å². The summed E-state index contributed by atoms with van der Waals surface area (Å²) in [6.45, 7) is 4.29. The van der Waals surface area contributed by atoms with Gasteiger partial charge in [-0.15, -0.1) is 0 Å². The van der Waals surface area contributed by atoms with Gasteiger partial charge in [-0.05, 0) is 32.3 Å². The second-order valence-corrected chi connectivity index (χ2v) is 7.49. The first kappa shape index (κ1) is 16.0. The Bertz CT molecular complexity index is 610. The number of carbonyl (C=O) groups excluding carboxylic acids is 1. The van der Waals surface area contributed by atoms with Crippen LogP contribution in [0.3, 0.4) is 0 Å². The standard InChI is InChI=1S/C15H22N2O3S/c1-11-6-8-13(9-7-11)14-5-4-10-17(14)15(18)12(2)16-21(3,19)20/h6-9,12,14,16H,4-5,10H2,1-3H3/t12-,14+/m0/s1. The van der Waals surface area contributed by atoms with Gasteiger partial charge in [0.15, 0.2) is 0 Å². The summed E-state index contributed by atoms with van der Waals surface area (Å²) >= 11 is 0. The summed E-state index contributed by atoms with van der Waals surface area (Å²) < 4.78 is 24.9. The number of nitrogens with one attached hydrogen (secondary N) is 1. The van der Waals surface area contributed by atoms with Gasteiger partial charge in [0.25, 0.3) is 0 Å². The van der Waals surface area contributed by atoms with E-state index in [1.165, 1.54) is 5.56 Å². The molecule has 0 spiro atoms. The number of nitrogens with zero attached hydrogens (tertiary/aromatic N) is 1. The minimum absolute atomic E-state index is 0.0434. The average molecular weight is 310 g/mol. The van der Waals surface area contributed by atoms with Gasteiger partial charge < -0.3 is 4.90 Å². The molecule has 5 nitrogen and oxygen atoms in total. The SMILES string of the molecule is Cc1ccc([C@H]2CCCN2C(=O)[C@H](C)NS(C)(=O)=O)cc1. The summed E-state index contributed by atoms with van der Waals surface area (Å²) in [5, 5.41) is 0. The molecule has 1 N–H and O–H groups in total. The van der Waals surface area contributed by atoms with E-state index in [-0.39, 0.29) is 11.9 Å². The van der Waals surface area contributed by atoms with Crippen molar-refractivity contribution >= 4 is 15.9 Å². The molecule has 0 aliphatic carbocycles. The van der Waals surface area contributed by atoms with E-state index >= 15 is 0 Å². The van der Waals surface area contributed by atoms with E-state index in [9.17, 15) is 13.2 Å². The van der Waals surface area contributed by atoms with Crippen molar-refractivity contribution in [2.24, 2.45) is 0 Å². The second-order valence-electron chi connectivity index (χ2n) is 5.71. The molecule has 0 aromatic heterocycles. The summed E-state index contributed by atoms with van der Waals surface area (Å²) in [4.78, 5) is 14.3. The van der Waals surface area contributed by atoms with Crippen LogP contribution in [0.25, 0.3) is 0 Å². The molecule has 2 atom stereocenters. The summed E-state index contributed by atoms with van der Waals surface area (Å²) in [6.07, 6.45) is 2.93. The van der Waals surface area contributed by atoms with Crippen LogP contribution in [0.4, 0.5) is 0 Å². The molecule has 0 bridgehead atoms. The van der Waals surface area contributed by atoms with Gasteiger partial charge in [0.05, 0.1) is 18.3 Å². The van der Waals surface area contributed by atoms with E-state index in [0.717, 1.165) is 24.7 Å². The van der Waals surface area contributed by atoms with E-state index in [1.807, 2.05) is 31.2 Å². The van der Waals surface area contributed by atoms with Crippen LogP contribution in [-0.2, 0) is 14.8 Å². The maximum absolute atomic E-state index is 12.5. The van der Waals surface area contributed by atoms with Crippen molar-refractivity contribution in [3.05, 3.63) is 35.4 Å². The van der Waals surface area contributed by atoms with Crippen molar-refractivity contribution in [1.82, 2.24) is 9.62 Å². The first-order chi connectivity index (χ1) is 9.78. The Hall–Kier alpha value is -1.40. The molecule has 2 rings (SSSR count). The molecule has 1 aromatic carbocycles. The predicted octanol–water partition coefficient (Wildman–Crippen LogP) is 1.60. The number of hydrogen-bond donors (Lipinski definition) is 1. The molecule has 1 fully saturated rings. The Balaban J connectivity index is 2.14. The highest BCUT2D eigenvalue weighted by Crippen LogP contribution is 2.32. The highest BCUT2D eigenvalue weighted by Gasteiger charge is 2.33. The fourth-order valence-corrected chi connectivity index (χ4v) is 3.53. The number of amides is 1. The molecule has 1 saturated heterocycles. The van der Waals surface area contributed by atoms with Crippen LogP contribution in [0.15, 0.2) is 24.3 Å². The Morgan fingerprint density at radius 3 is 2.52 bits per heavy atom. The fourth-order valence-electron chi connectivity index (χ4n) is 2.79. The van der Waals surface area contributed by atoms with Gasteiger partial charge in [-0.3, -0.25) is 4.79 Å². The van der Waals surface area contributed by atoms with E-state index in [2.05, 4.69) is 4.72 Å². The number of likely N-dealkylation sites (tertiary alicyclic amines) is 1. The van der Waals surface area contributed by atoms with Crippen molar-refractivity contribution in [1.29, 1.82) is 0 Å². The molecular weight excluding hydrogens is 288 g/mol. The van der Waals surface area contributed by atoms with E-state index in [0.29, 0.717) is 6.54 Å². The third-order valence-corrected chi connectivity index (χ3v) is 4.54. The molecule has 21 heavy (non-hydrogen) atoms. The molecular formula is C15H22N2O3S. The Labute approximate surface area is 126 Å². The zero-order valence-electron chi connectivity index (χ0n) is 12.7. The van der Waals surface area contributed by atoms with Gasteiger partial charge in [0.1, 0.15) is 0 Å². The van der Waals surface area contributed by atoms with E-state index in [4.69, 9.17) is 0 Å². The molecule has 1 aliphatic rings. The lowest BCUT2D eigenvalue weighted by molar-refractivity contribution is -0.133. The van der Waals surface area contributed by atoms with Crippen molar-refractivity contribution in [3.63, 3.8) is 0 Å². The van der Waals surface area contributed by atoms with Crippen LogP contribution in [0.5, 0.6) is 0 Å². The van der Waals surface area contributed by atoms with Crippen LogP contribution in [0.1, 0.15) is 36.9 Å². The molecule has 0 radical (unpaired) electrons. The van der Waals surface area contributed by atoms with Crippen LogP contribution in [-0.4, -0.2) is 38.1 Å². The molecule has 6 heteroatoms. The maximum atomic E-state index is 12.5. The normalized spacial score (nSPS) is 20.5. The number of carbonyl (C=O) groups is 1. The quantitative estimate of drug-likeness (QED) is 0.918. The lowest BCUT2D eigenvalue weighted by Crippen LogP contribution is -2.46. The molecule has 0 unspecified atom stereocenters. The number of aryl methyl sites for hydroxylation is 1. The van der Waals surface area contributed by atoms with Gasteiger partial charge in [0, 0.05) is 6.54 Å². The molecule has 1 aromatic rings. The Morgan fingerprint density at radius 1 is 1.33 bits per heavy atom. The number of sulfonamides is 1. The number of rotatable bonds is 4. The number of benzene rings is 1. The minimum atomic E-state index is -3.38. The van der Waals surface area contributed by atoms with Crippen LogP contribution in [0.2, 0.25) is 0 Å². The van der Waals surface area contributed by atoms with Gasteiger partial charge in [-0.1, -0.05) is 29.8 Å². The van der Waals surface area contributed by atoms with Crippen molar-refractivity contribution in [2.75, 3.05) is 12.8 Å². The molecule has 0 saturated carbocycles. The second kappa shape index (κ2) is 6.15. The van der Waals surface area contributed by atoms with Crippen LogP contribution >= 0.6 is 0 Å². The first-order valence-corrected chi connectivity index (χ1v) is 9.01. The van der Waals surface area contributed by atoms with Crippen molar-refractivity contribution in [3.8, 4) is 0 Å². The lowest BCUT2D eigenvalue weighted by Gasteiger charge is -2.28. The largest absolute Gasteiger partial charge is 0.334 e. The zero-order chi connectivity index (χ0) is 15.6. The molecule has 116 valence electrons. The van der Waals surface area contributed by atoms with Crippen LogP contribution in [0, 0.1) is 6.92 Å². The highest BCUT2D eigenvalue weighted by molar-refractivity contribution is 7.88. The van der Waals surface area contributed by atoms with E-state index in [1.54, 1.807) is 11.8 Å². The van der Waals surface area contributed by atoms with Crippen molar-refractivity contribution in [2.45, 2.75) is 38.8 Å². The third-order valence-electron chi connectivity index (χ3n) is 3.76. The molecule has 1 amide bonds. The van der Waals surface area contributed by atoms with Gasteiger partial charge in [0.2, 0.25) is 15.9 Å². The summed E-state index contributed by atoms with van der Waals surface area (Å²) in [6, 6.07) is 7.47. The minimum Gasteiger partial charge on any atom is -0.334 e. The predicted molar refractivity (Wildman–Crippen MR) is 82.3 cm³/mol. The van der Waals surface area contributed by atoms with E-state index < -0.39 is 16.1 Å². The topological polar surface area (TPSA) is 66.5 Å². The molecule has 1 aliphatic heterocycles. The summed E-state index contributed by atoms with van der Waals surface area (Å²) in [7, 11) is -3.38. The maximum Gasteiger partial charge on any atom is 0.240 e. The number of hydrogen-bond acceptors (Lipinski definition) is 3. The summed E-state index contributed by atoms with van der Waals surface area (Å²) in [5.74, 6) is -0.163. The first-order valence-electron chi connectivity index (χ1n) is 7.12. The molecule has 1 heterocycles. The Kier molecular flexibility index (Phi) is 4.68. The van der Waals surface area contributed by atoms with Crippen LogP contribution < -0.4 is 4.72 Å². The fraction of sp³-hybridized carbons (Fsp3) is 0.533. The smallest absolute Gasteiger partial charge is 0.240 e. The average Bonchev–Trinajstić information content (AvgIpc) is 2.85. The lowest BCUT2D eigenvalue weighted by atomic mass is 10.0. The van der Waals surface area contributed by atoms with Gasteiger partial charge in [-0.2, -0.15) is 0 Å². The Morgan fingerprint density at radius 2 is 1.95 bits per heavy atom. The summed E-state index contributed by atoms with van der Waals surface area (Å²) in [5.41, 5.74) is 2.29. The van der Waals surface area contributed by atoms with Crippen molar-refractivity contribution < 1.29 is 13.2 Å².